The lowest BCUT2D eigenvalue weighted by Crippen LogP contribution is -2.14. The van der Waals surface area contributed by atoms with Gasteiger partial charge in [0.05, 0.1) is 21.8 Å². The number of fused-ring (bicyclic) bond motifs is 2. The summed E-state index contributed by atoms with van der Waals surface area (Å²) in [5, 5.41) is 10.4. The first kappa shape index (κ1) is 19.9. The highest BCUT2D eigenvalue weighted by Crippen LogP contribution is 2.33. The quantitative estimate of drug-likeness (QED) is 0.349. The summed E-state index contributed by atoms with van der Waals surface area (Å²) in [4.78, 5) is 22.2. The standard InChI is InChI=1S/C21H12Cl2FN5OS/c1-10-6-14(13-8-12(24)3-5-17(13)25-10)19(30)26-20-27-21-29(28-20)18(9-31-21)15-7-11(22)2-4-16(15)23/h2-9H,1H3,(H,26,28,30). The van der Waals surface area contributed by atoms with Gasteiger partial charge in [0.2, 0.25) is 4.96 Å². The third-order valence-corrected chi connectivity index (χ3v) is 6.04. The zero-order valence-corrected chi connectivity index (χ0v) is 18.2. The van der Waals surface area contributed by atoms with Crippen LogP contribution in [0.5, 0.6) is 0 Å². The fourth-order valence-corrected chi connectivity index (χ4v) is 4.51. The molecule has 1 N–H and O–H groups in total. The molecular weight excluding hydrogens is 460 g/mol. The molecule has 0 unspecified atom stereocenters. The van der Waals surface area contributed by atoms with Crippen LogP contribution in [-0.4, -0.2) is 25.5 Å². The van der Waals surface area contributed by atoms with Crippen LogP contribution < -0.4 is 5.32 Å². The molecule has 10 heteroatoms. The molecule has 154 valence electrons. The second kappa shape index (κ2) is 7.56. The molecule has 0 saturated heterocycles. The molecule has 0 saturated carbocycles. The smallest absolute Gasteiger partial charge is 0.258 e. The van der Waals surface area contributed by atoms with Gasteiger partial charge < -0.3 is 0 Å². The van der Waals surface area contributed by atoms with E-state index in [0.717, 1.165) is 0 Å². The molecule has 3 heterocycles. The van der Waals surface area contributed by atoms with Crippen molar-refractivity contribution in [2.75, 3.05) is 5.32 Å². The van der Waals surface area contributed by atoms with Crippen LogP contribution in [0, 0.1) is 12.7 Å². The van der Waals surface area contributed by atoms with Crippen molar-refractivity contribution in [3.63, 3.8) is 0 Å². The molecule has 0 bridgehead atoms. The van der Waals surface area contributed by atoms with Crippen LogP contribution in [-0.2, 0) is 0 Å². The van der Waals surface area contributed by atoms with Crippen LogP contribution in [0.4, 0.5) is 10.3 Å². The number of aromatic nitrogens is 4. The molecule has 1 amide bonds. The predicted molar refractivity (Wildman–Crippen MR) is 121 cm³/mol. The van der Waals surface area contributed by atoms with E-state index in [9.17, 15) is 9.18 Å². The number of hydrogen-bond acceptors (Lipinski definition) is 5. The zero-order chi connectivity index (χ0) is 21.7. The number of thiazole rings is 1. The zero-order valence-electron chi connectivity index (χ0n) is 15.9. The highest BCUT2D eigenvalue weighted by atomic mass is 35.5. The molecule has 0 aliphatic rings. The molecule has 5 aromatic rings. The first-order valence-electron chi connectivity index (χ1n) is 9.07. The van der Waals surface area contributed by atoms with E-state index in [1.165, 1.54) is 23.5 Å². The summed E-state index contributed by atoms with van der Waals surface area (Å²) in [7, 11) is 0. The fourth-order valence-electron chi connectivity index (χ4n) is 3.30. The van der Waals surface area contributed by atoms with E-state index in [4.69, 9.17) is 23.2 Å². The van der Waals surface area contributed by atoms with Crippen molar-refractivity contribution in [3.8, 4) is 11.3 Å². The number of aryl methyl sites for hydroxylation is 1. The van der Waals surface area contributed by atoms with E-state index >= 15 is 0 Å². The van der Waals surface area contributed by atoms with E-state index in [1.54, 1.807) is 41.8 Å². The number of nitrogens with zero attached hydrogens (tertiary/aromatic N) is 4. The van der Waals surface area contributed by atoms with Crippen molar-refractivity contribution < 1.29 is 9.18 Å². The van der Waals surface area contributed by atoms with E-state index < -0.39 is 11.7 Å². The minimum Gasteiger partial charge on any atom is -0.289 e. The van der Waals surface area contributed by atoms with Crippen molar-refractivity contribution >= 4 is 62.3 Å². The lowest BCUT2D eigenvalue weighted by atomic mass is 10.1. The normalized spacial score (nSPS) is 11.4. The number of benzene rings is 2. The maximum atomic E-state index is 13.8. The molecule has 5 rings (SSSR count). The van der Waals surface area contributed by atoms with Crippen molar-refractivity contribution in [1.82, 2.24) is 19.6 Å². The van der Waals surface area contributed by atoms with Gasteiger partial charge in [-0.15, -0.1) is 16.4 Å². The highest BCUT2D eigenvalue weighted by Gasteiger charge is 2.18. The van der Waals surface area contributed by atoms with Crippen molar-refractivity contribution in [2.45, 2.75) is 6.92 Å². The van der Waals surface area contributed by atoms with Gasteiger partial charge in [-0.2, -0.15) is 4.98 Å². The van der Waals surface area contributed by atoms with Gasteiger partial charge in [0, 0.05) is 27.0 Å². The highest BCUT2D eigenvalue weighted by molar-refractivity contribution is 7.15. The summed E-state index contributed by atoms with van der Waals surface area (Å²) in [5.41, 5.74) is 2.87. The molecule has 3 aromatic heterocycles. The van der Waals surface area contributed by atoms with Gasteiger partial charge >= 0.3 is 0 Å². The molecule has 0 aliphatic heterocycles. The van der Waals surface area contributed by atoms with E-state index in [-0.39, 0.29) is 5.95 Å². The number of carbonyl (C=O) groups is 1. The Balaban J connectivity index is 1.53. The van der Waals surface area contributed by atoms with Gasteiger partial charge in [-0.25, -0.2) is 8.91 Å². The largest absolute Gasteiger partial charge is 0.289 e. The van der Waals surface area contributed by atoms with Gasteiger partial charge in [-0.3, -0.25) is 15.1 Å². The summed E-state index contributed by atoms with van der Waals surface area (Å²) < 4.78 is 15.4. The minimum atomic E-state index is -0.457. The fraction of sp³-hybridized carbons (Fsp3) is 0.0476. The number of halogens is 3. The Bertz CT molecular complexity index is 1500. The first-order valence-corrected chi connectivity index (χ1v) is 10.7. The van der Waals surface area contributed by atoms with E-state index in [2.05, 4.69) is 20.4 Å². The van der Waals surface area contributed by atoms with Crippen LogP contribution in [0.15, 0.2) is 47.8 Å². The van der Waals surface area contributed by atoms with Crippen molar-refractivity contribution in [1.29, 1.82) is 0 Å². The average Bonchev–Trinajstić information content (AvgIpc) is 3.29. The number of hydrogen-bond donors (Lipinski definition) is 1. The summed E-state index contributed by atoms with van der Waals surface area (Å²) in [6.45, 7) is 1.77. The molecule has 0 spiro atoms. The second-order valence-electron chi connectivity index (χ2n) is 6.80. The Labute approximate surface area is 189 Å². The van der Waals surface area contributed by atoms with Gasteiger partial charge in [0.25, 0.3) is 11.9 Å². The number of pyridine rings is 1. The monoisotopic (exact) mass is 471 g/mol. The SMILES string of the molecule is Cc1cc(C(=O)Nc2nc3scc(-c4cc(Cl)ccc4Cl)n3n2)c2cc(F)ccc2n1. The number of rotatable bonds is 3. The van der Waals surface area contributed by atoms with Crippen LogP contribution in [0.2, 0.25) is 10.0 Å². The van der Waals surface area contributed by atoms with Crippen LogP contribution in [0.25, 0.3) is 27.1 Å². The van der Waals surface area contributed by atoms with E-state index in [0.29, 0.717) is 48.4 Å². The van der Waals surface area contributed by atoms with Gasteiger partial charge in [-0.1, -0.05) is 23.2 Å². The lowest BCUT2D eigenvalue weighted by Gasteiger charge is -2.07. The molecule has 0 aliphatic carbocycles. The van der Waals surface area contributed by atoms with E-state index in [1.807, 2.05) is 5.38 Å². The number of amides is 1. The van der Waals surface area contributed by atoms with Crippen molar-refractivity contribution in [3.05, 3.63) is 75.0 Å². The lowest BCUT2D eigenvalue weighted by molar-refractivity contribution is 0.102. The van der Waals surface area contributed by atoms with Gasteiger partial charge in [0.15, 0.2) is 0 Å². The summed E-state index contributed by atoms with van der Waals surface area (Å²) in [6.07, 6.45) is 0. The molecule has 2 aromatic carbocycles. The predicted octanol–water partition coefficient (Wildman–Crippen LogP) is 6.01. The Kier molecular flexibility index (Phi) is 4.85. The first-order chi connectivity index (χ1) is 14.9. The summed E-state index contributed by atoms with van der Waals surface area (Å²) in [6, 6.07) is 10.9. The Morgan fingerprint density at radius 2 is 1.97 bits per heavy atom. The topological polar surface area (TPSA) is 72.2 Å². The Hall–Kier alpha value is -3.07. The molecule has 0 fully saturated rings. The Morgan fingerprint density at radius 1 is 1.13 bits per heavy atom. The molecule has 0 radical (unpaired) electrons. The van der Waals surface area contributed by atoms with Gasteiger partial charge in [0.1, 0.15) is 5.82 Å². The average molecular weight is 472 g/mol. The molecular formula is C21H12Cl2FN5OS. The molecule has 6 nitrogen and oxygen atoms in total. The summed E-state index contributed by atoms with van der Waals surface area (Å²) >= 11 is 13.8. The maximum absolute atomic E-state index is 13.8. The second-order valence-corrected chi connectivity index (χ2v) is 8.48. The van der Waals surface area contributed by atoms with Crippen molar-refractivity contribution in [2.24, 2.45) is 0 Å². The third kappa shape index (κ3) is 3.63. The van der Waals surface area contributed by atoms with Crippen LogP contribution >= 0.6 is 34.5 Å². The van der Waals surface area contributed by atoms with Crippen LogP contribution in [0.3, 0.4) is 0 Å². The minimum absolute atomic E-state index is 0.121. The molecule has 31 heavy (non-hydrogen) atoms. The third-order valence-electron chi connectivity index (χ3n) is 4.65. The summed E-state index contributed by atoms with van der Waals surface area (Å²) in [5.74, 6) is -0.784. The number of nitrogens with one attached hydrogen (secondary N) is 1. The van der Waals surface area contributed by atoms with Crippen LogP contribution in [0.1, 0.15) is 16.1 Å². The Morgan fingerprint density at radius 3 is 2.81 bits per heavy atom. The van der Waals surface area contributed by atoms with Gasteiger partial charge in [-0.05, 0) is 49.4 Å². The number of anilines is 1. The number of carbonyl (C=O) groups excluding carboxylic acids is 1. The molecule has 0 atom stereocenters. The maximum Gasteiger partial charge on any atom is 0.258 e.